The van der Waals surface area contributed by atoms with E-state index >= 15 is 0 Å². The summed E-state index contributed by atoms with van der Waals surface area (Å²) in [5.41, 5.74) is 2.42. The van der Waals surface area contributed by atoms with Crippen molar-refractivity contribution in [1.29, 1.82) is 0 Å². The number of carbonyl (C=O) groups excluding carboxylic acids is 1. The Balaban J connectivity index is 2.04. The number of anilines is 1. The van der Waals surface area contributed by atoms with Gasteiger partial charge in [0.2, 0.25) is 0 Å². The fourth-order valence-electron chi connectivity index (χ4n) is 7.91. The van der Waals surface area contributed by atoms with Crippen molar-refractivity contribution in [3.05, 3.63) is 29.5 Å². The highest BCUT2D eigenvalue weighted by Gasteiger charge is 2.58. The van der Waals surface area contributed by atoms with Crippen LogP contribution in [0.15, 0.2) is 23.9 Å². The van der Waals surface area contributed by atoms with Gasteiger partial charge in [-0.2, -0.15) is 0 Å². The zero-order chi connectivity index (χ0) is 34.9. The zero-order valence-electron chi connectivity index (χ0n) is 31.1. The largest absolute Gasteiger partial charge is 0.540 e. The third kappa shape index (κ3) is 6.18. The van der Waals surface area contributed by atoms with Crippen LogP contribution in [0.4, 0.5) is 10.5 Å². The number of nitrogens with zero attached hydrogens (tertiary/aromatic N) is 2. The molecule has 0 radical (unpaired) electrons. The fourth-order valence-corrected chi connectivity index (χ4v) is 14.4. The van der Waals surface area contributed by atoms with Crippen LogP contribution in [0.5, 0.6) is 11.5 Å². The summed E-state index contributed by atoms with van der Waals surface area (Å²) in [6.45, 7) is 30.6. The van der Waals surface area contributed by atoms with E-state index in [2.05, 4.69) is 96.2 Å². The third-order valence-corrected chi connectivity index (χ3v) is 21.7. The Kier molecular flexibility index (Phi) is 9.76. The molecule has 258 valence electrons. The van der Waals surface area contributed by atoms with E-state index in [4.69, 9.17) is 13.6 Å². The predicted octanol–water partition coefficient (Wildman–Crippen LogP) is 9.88. The van der Waals surface area contributed by atoms with E-state index in [1.54, 1.807) is 24.1 Å². The number of methoxy groups -OCH3 is 1. The van der Waals surface area contributed by atoms with Gasteiger partial charge >= 0.3 is 6.09 Å². The average molecular weight is 673 g/mol. The minimum Gasteiger partial charge on any atom is -0.540 e. The van der Waals surface area contributed by atoms with Crippen molar-refractivity contribution in [3.63, 3.8) is 0 Å². The molecule has 3 atom stereocenters. The van der Waals surface area contributed by atoms with Crippen molar-refractivity contribution in [2.24, 2.45) is 17.3 Å². The molecule has 8 nitrogen and oxygen atoms in total. The number of carboxylic acid groups (broad SMARTS) is 1. The molecule has 0 saturated heterocycles. The number of ether oxygens (including phenoxy) is 1. The quantitative estimate of drug-likeness (QED) is 0.263. The molecule has 2 aliphatic heterocycles. The minimum atomic E-state index is -2.56. The van der Waals surface area contributed by atoms with Gasteiger partial charge in [-0.05, 0) is 70.6 Å². The molecule has 10 heteroatoms. The first kappa shape index (κ1) is 36.5. The highest BCUT2D eigenvalue weighted by molar-refractivity contribution is 6.78. The van der Waals surface area contributed by atoms with Crippen molar-refractivity contribution in [2.45, 2.75) is 143 Å². The number of hydrogen-bond acceptors (Lipinski definition) is 5. The molecule has 1 saturated carbocycles. The standard InChI is InChI=1S/C36H60N2O6Si2/c1-21(2)46(22(3)4,23(5)6)43-29-19-27-25(18-28(29)42-13)32(39)37-20-26(24-16-17-24)30(35(7,8)9)31(37)33(38(27)34(40)41)44-45(14,15)36(10,11)12/h18-24,30-31,33H,16-17H2,1-15H3,(H,40,41)/t30?,31?,33-/m0/s1. The molecule has 1 aliphatic carbocycles. The van der Waals surface area contributed by atoms with Gasteiger partial charge in [-0.1, -0.05) is 83.1 Å². The topological polar surface area (TPSA) is 88.5 Å². The molecule has 0 spiro atoms. The first-order valence-electron chi connectivity index (χ1n) is 17.2. The summed E-state index contributed by atoms with van der Waals surface area (Å²) in [6.07, 6.45) is 2.14. The first-order chi connectivity index (χ1) is 21.0. The molecule has 2 unspecified atom stereocenters. The molecule has 0 bridgehead atoms. The fraction of sp³-hybridized carbons (Fsp3) is 0.722. The van der Waals surface area contributed by atoms with Crippen molar-refractivity contribution < 1.29 is 28.3 Å². The zero-order valence-corrected chi connectivity index (χ0v) is 33.1. The molecule has 1 aromatic rings. The number of rotatable bonds is 9. The van der Waals surface area contributed by atoms with Crippen molar-refractivity contribution in [1.82, 2.24) is 4.90 Å². The SMILES string of the molecule is COc1cc2c(cc1O[Si](C(C)C)(C(C)C)C(C)C)N(C(=O)O)[C@@H](O[Si](C)(C)C(C)(C)C)C1C(C(C)(C)C)C(C3CC3)=CN1C2=O. The lowest BCUT2D eigenvalue weighted by Gasteiger charge is -2.47. The number of hydrogen-bond donors (Lipinski definition) is 1. The third-order valence-electron chi connectivity index (χ3n) is 11.3. The van der Waals surface area contributed by atoms with E-state index in [1.807, 2.05) is 6.20 Å². The van der Waals surface area contributed by atoms with Gasteiger partial charge < -0.3 is 23.6 Å². The van der Waals surface area contributed by atoms with Gasteiger partial charge in [0.15, 0.2) is 20.3 Å². The number of amides is 2. The molecule has 4 rings (SSSR count). The maximum absolute atomic E-state index is 14.8. The minimum absolute atomic E-state index is 0.0737. The van der Waals surface area contributed by atoms with Gasteiger partial charge in [-0.15, -0.1) is 0 Å². The number of carbonyl (C=O) groups is 2. The maximum Gasteiger partial charge on any atom is 0.414 e. The van der Waals surface area contributed by atoms with Crippen LogP contribution in [0.25, 0.3) is 0 Å². The molecule has 1 N–H and O–H groups in total. The monoisotopic (exact) mass is 672 g/mol. The molecule has 2 amide bonds. The Morgan fingerprint density at radius 1 is 0.935 bits per heavy atom. The van der Waals surface area contributed by atoms with Gasteiger partial charge in [0.1, 0.15) is 5.75 Å². The summed E-state index contributed by atoms with van der Waals surface area (Å²) in [5, 5.41) is 10.9. The van der Waals surface area contributed by atoms with Gasteiger partial charge in [0.25, 0.3) is 14.2 Å². The summed E-state index contributed by atoms with van der Waals surface area (Å²) in [5.74, 6) is 1.02. The van der Waals surface area contributed by atoms with Crippen molar-refractivity contribution in [3.8, 4) is 11.5 Å². The molecule has 1 fully saturated rings. The summed E-state index contributed by atoms with van der Waals surface area (Å²) >= 11 is 0. The van der Waals surface area contributed by atoms with E-state index < -0.39 is 35.0 Å². The second-order valence-electron chi connectivity index (χ2n) is 17.3. The lowest BCUT2D eigenvalue weighted by Crippen LogP contribution is -2.60. The van der Waals surface area contributed by atoms with Crippen LogP contribution >= 0.6 is 0 Å². The van der Waals surface area contributed by atoms with Crippen LogP contribution in [-0.4, -0.2) is 58.0 Å². The summed E-state index contributed by atoms with van der Waals surface area (Å²) in [7, 11) is -3.45. The van der Waals surface area contributed by atoms with Crippen LogP contribution in [0.3, 0.4) is 0 Å². The lowest BCUT2D eigenvalue weighted by atomic mass is 9.71. The molecular formula is C36H60N2O6Si2. The lowest BCUT2D eigenvalue weighted by molar-refractivity contribution is 0.0342. The van der Waals surface area contributed by atoms with E-state index in [9.17, 15) is 14.7 Å². The van der Waals surface area contributed by atoms with Gasteiger partial charge in [-0.3, -0.25) is 4.79 Å². The predicted molar refractivity (Wildman–Crippen MR) is 191 cm³/mol. The first-order valence-corrected chi connectivity index (χ1v) is 22.2. The summed E-state index contributed by atoms with van der Waals surface area (Å²) in [6, 6.07) is 2.92. The Morgan fingerprint density at radius 2 is 1.48 bits per heavy atom. The molecule has 1 aromatic carbocycles. The summed E-state index contributed by atoms with van der Waals surface area (Å²) < 4.78 is 20.2. The highest BCUT2D eigenvalue weighted by atomic mass is 28.4. The van der Waals surface area contributed by atoms with Crippen LogP contribution in [0.1, 0.15) is 106 Å². The Bertz CT molecular complexity index is 1350. The van der Waals surface area contributed by atoms with Crippen LogP contribution < -0.4 is 14.1 Å². The van der Waals surface area contributed by atoms with E-state index in [0.717, 1.165) is 12.8 Å². The Hall–Kier alpha value is -2.31. The normalized spacial score (nSPS) is 22.7. The summed E-state index contributed by atoms with van der Waals surface area (Å²) in [4.78, 5) is 31.5. The van der Waals surface area contributed by atoms with Crippen molar-refractivity contribution >= 4 is 34.3 Å². The van der Waals surface area contributed by atoms with E-state index in [1.165, 1.54) is 10.5 Å². The molecule has 3 aliphatic rings. The second kappa shape index (κ2) is 12.3. The molecule has 46 heavy (non-hydrogen) atoms. The smallest absolute Gasteiger partial charge is 0.414 e. The van der Waals surface area contributed by atoms with Crippen molar-refractivity contribution in [2.75, 3.05) is 12.0 Å². The molecular weight excluding hydrogens is 613 g/mol. The number of fused-ring (bicyclic) bond motifs is 2. The van der Waals surface area contributed by atoms with Gasteiger partial charge in [-0.25, -0.2) is 9.69 Å². The molecule has 2 heterocycles. The second-order valence-corrected chi connectivity index (χ2v) is 27.4. The van der Waals surface area contributed by atoms with E-state index in [-0.39, 0.29) is 44.5 Å². The Morgan fingerprint density at radius 3 is 1.89 bits per heavy atom. The van der Waals surface area contributed by atoms with Gasteiger partial charge in [0, 0.05) is 18.2 Å². The average Bonchev–Trinajstić information content (AvgIpc) is 3.68. The van der Waals surface area contributed by atoms with Gasteiger partial charge in [0.05, 0.1) is 24.4 Å². The molecule has 0 aromatic heterocycles. The highest BCUT2D eigenvalue weighted by Crippen LogP contribution is 2.55. The number of benzene rings is 1. The Labute approximate surface area is 280 Å². The maximum atomic E-state index is 14.8. The van der Waals surface area contributed by atoms with Crippen LogP contribution in [-0.2, 0) is 4.43 Å². The van der Waals surface area contributed by atoms with Crippen LogP contribution in [0.2, 0.25) is 34.8 Å². The van der Waals surface area contributed by atoms with Crippen LogP contribution in [0, 0.1) is 17.3 Å². The van der Waals surface area contributed by atoms with E-state index in [0.29, 0.717) is 23.1 Å².